The lowest BCUT2D eigenvalue weighted by Gasteiger charge is -2.41. The highest BCUT2D eigenvalue weighted by molar-refractivity contribution is 6.27. The summed E-state index contributed by atoms with van der Waals surface area (Å²) in [6.07, 6.45) is -0.754. The Hall–Kier alpha value is -3.32. The molecule has 0 aliphatic carbocycles. The van der Waals surface area contributed by atoms with Gasteiger partial charge < -0.3 is 24.2 Å². The number of anilines is 2. The van der Waals surface area contributed by atoms with Gasteiger partial charge in [0, 0.05) is 26.7 Å². The first kappa shape index (κ1) is 26.3. The maximum atomic E-state index is 14.3. The highest BCUT2D eigenvalue weighted by atomic mass is 35.5. The van der Waals surface area contributed by atoms with Gasteiger partial charge in [0.1, 0.15) is 23.3 Å². The molecule has 2 aliphatic heterocycles. The third-order valence-corrected chi connectivity index (χ3v) is 7.08. The zero-order valence-electron chi connectivity index (χ0n) is 21.2. The standard InChI is InChI=1S/C24H29ClF2N8O3/c1-32(17-8-3-4-9-34(17)18(36)14-25)22-29-23(33-10-12-38-13-11-33)31-24(30-22)35-15-6-5-7-16(37-2)19(15)28-21(35)20(26)27/h5-7,17,20H,3-4,8-14H2,1-2H3/t17-/m0/s1. The Bertz CT molecular complexity index is 1300. The average molecular weight is 551 g/mol. The van der Waals surface area contributed by atoms with E-state index in [9.17, 15) is 13.6 Å². The molecule has 1 aromatic carbocycles. The van der Waals surface area contributed by atoms with E-state index < -0.39 is 12.2 Å². The minimum atomic E-state index is -2.90. The van der Waals surface area contributed by atoms with Gasteiger partial charge in [-0.25, -0.2) is 13.8 Å². The highest BCUT2D eigenvalue weighted by Gasteiger charge is 2.32. The lowest BCUT2D eigenvalue weighted by atomic mass is 10.1. The summed E-state index contributed by atoms with van der Waals surface area (Å²) in [5, 5.41) is 0. The molecule has 0 N–H and O–H groups in total. The second kappa shape index (κ2) is 11.2. The van der Waals surface area contributed by atoms with Crippen LogP contribution in [0.1, 0.15) is 31.5 Å². The van der Waals surface area contributed by atoms with Gasteiger partial charge in [-0.05, 0) is 31.4 Å². The van der Waals surface area contributed by atoms with Crippen molar-refractivity contribution in [2.75, 3.05) is 62.7 Å². The van der Waals surface area contributed by atoms with Gasteiger partial charge in [0.2, 0.25) is 23.8 Å². The summed E-state index contributed by atoms with van der Waals surface area (Å²) >= 11 is 5.89. The van der Waals surface area contributed by atoms with Gasteiger partial charge in [0.25, 0.3) is 6.43 Å². The van der Waals surface area contributed by atoms with Crippen LogP contribution < -0.4 is 14.5 Å². The fourth-order valence-corrected chi connectivity index (χ4v) is 5.09. The number of carbonyl (C=O) groups is 1. The molecule has 0 radical (unpaired) electrons. The lowest BCUT2D eigenvalue weighted by molar-refractivity contribution is -0.132. The highest BCUT2D eigenvalue weighted by Crippen LogP contribution is 2.33. The Labute approximate surface area is 223 Å². The van der Waals surface area contributed by atoms with E-state index in [1.165, 1.54) is 11.7 Å². The van der Waals surface area contributed by atoms with E-state index in [-0.39, 0.29) is 35.4 Å². The van der Waals surface area contributed by atoms with Crippen molar-refractivity contribution < 1.29 is 23.0 Å². The molecule has 0 bridgehead atoms. The van der Waals surface area contributed by atoms with E-state index in [1.807, 2.05) is 4.90 Å². The number of alkyl halides is 3. The maximum absolute atomic E-state index is 14.3. The summed E-state index contributed by atoms with van der Waals surface area (Å²) in [6.45, 7) is 2.61. The number of likely N-dealkylation sites (tertiary alicyclic amines) is 1. The molecule has 0 unspecified atom stereocenters. The number of aromatic nitrogens is 5. The summed E-state index contributed by atoms with van der Waals surface area (Å²) in [5.41, 5.74) is 0.656. The predicted molar refractivity (Wildman–Crippen MR) is 137 cm³/mol. The molecule has 38 heavy (non-hydrogen) atoms. The van der Waals surface area contributed by atoms with Crippen LogP contribution in [0, 0.1) is 0 Å². The van der Waals surface area contributed by atoms with Gasteiger partial charge in [0.05, 0.1) is 25.8 Å². The molecule has 14 heteroatoms. The fourth-order valence-electron chi connectivity index (χ4n) is 4.94. The second-order valence-electron chi connectivity index (χ2n) is 9.08. The van der Waals surface area contributed by atoms with Gasteiger partial charge in [0.15, 0.2) is 5.82 Å². The van der Waals surface area contributed by atoms with Crippen LogP contribution in [0.15, 0.2) is 18.2 Å². The first-order valence-corrected chi connectivity index (χ1v) is 13.0. The Kier molecular flexibility index (Phi) is 7.75. The molecule has 11 nitrogen and oxygen atoms in total. The number of imidazole rings is 1. The molecule has 5 rings (SSSR count). The number of morpholine rings is 1. The van der Waals surface area contributed by atoms with Crippen LogP contribution in [0.2, 0.25) is 0 Å². The zero-order chi connectivity index (χ0) is 26.8. The third kappa shape index (κ3) is 4.92. The number of hydrogen-bond acceptors (Lipinski definition) is 9. The van der Waals surface area contributed by atoms with Crippen LogP contribution in [0.5, 0.6) is 5.75 Å². The van der Waals surface area contributed by atoms with Crippen molar-refractivity contribution in [3.63, 3.8) is 0 Å². The van der Waals surface area contributed by atoms with Crippen molar-refractivity contribution >= 4 is 40.4 Å². The fraction of sp³-hybridized carbons (Fsp3) is 0.542. The van der Waals surface area contributed by atoms with Crippen molar-refractivity contribution in [1.29, 1.82) is 0 Å². The molecule has 4 heterocycles. The zero-order valence-corrected chi connectivity index (χ0v) is 21.9. The van der Waals surface area contributed by atoms with E-state index in [0.29, 0.717) is 56.5 Å². The van der Waals surface area contributed by atoms with Crippen molar-refractivity contribution in [1.82, 2.24) is 29.4 Å². The first-order valence-electron chi connectivity index (χ1n) is 12.4. The number of hydrogen-bond donors (Lipinski definition) is 0. The molecular weight excluding hydrogens is 522 g/mol. The van der Waals surface area contributed by atoms with Gasteiger partial charge in [-0.2, -0.15) is 15.0 Å². The van der Waals surface area contributed by atoms with E-state index in [2.05, 4.69) is 15.0 Å². The molecule has 2 aliphatic rings. The van der Waals surface area contributed by atoms with Crippen molar-refractivity contribution in [2.45, 2.75) is 31.9 Å². The van der Waals surface area contributed by atoms with Crippen LogP contribution in [-0.4, -0.2) is 94.4 Å². The smallest absolute Gasteiger partial charge is 0.296 e. The number of piperidine rings is 1. The average Bonchev–Trinajstić information content (AvgIpc) is 3.37. The number of halogens is 3. The quantitative estimate of drug-likeness (QED) is 0.411. The maximum Gasteiger partial charge on any atom is 0.296 e. The summed E-state index contributed by atoms with van der Waals surface area (Å²) in [6, 6.07) is 5.02. The van der Waals surface area contributed by atoms with Crippen LogP contribution in [-0.2, 0) is 9.53 Å². The molecule has 2 aromatic heterocycles. The Morgan fingerprint density at radius 1 is 1.16 bits per heavy atom. The molecule has 1 atom stereocenters. The second-order valence-corrected chi connectivity index (χ2v) is 9.34. The summed E-state index contributed by atoms with van der Waals surface area (Å²) in [5.74, 6) is 0.122. The molecule has 2 fully saturated rings. The summed E-state index contributed by atoms with van der Waals surface area (Å²) < 4.78 is 40.6. The topological polar surface area (TPSA) is 102 Å². The Morgan fingerprint density at radius 3 is 2.63 bits per heavy atom. The van der Waals surface area contributed by atoms with Crippen LogP contribution in [0.4, 0.5) is 20.7 Å². The van der Waals surface area contributed by atoms with Crippen molar-refractivity contribution in [3.8, 4) is 11.7 Å². The number of ether oxygens (including phenoxy) is 2. The monoisotopic (exact) mass is 550 g/mol. The normalized spacial score (nSPS) is 18.3. The number of amides is 1. The molecule has 0 saturated carbocycles. The number of fused-ring (bicyclic) bond motifs is 1. The lowest BCUT2D eigenvalue weighted by Crippen LogP contribution is -2.53. The molecule has 204 valence electrons. The van der Waals surface area contributed by atoms with Gasteiger partial charge in [-0.3, -0.25) is 9.36 Å². The number of carbonyl (C=O) groups excluding carboxylic acids is 1. The number of nitrogens with zero attached hydrogens (tertiary/aromatic N) is 8. The largest absolute Gasteiger partial charge is 0.494 e. The summed E-state index contributed by atoms with van der Waals surface area (Å²) in [7, 11) is 3.25. The van der Waals surface area contributed by atoms with E-state index in [4.69, 9.17) is 26.1 Å². The first-order chi connectivity index (χ1) is 18.4. The molecule has 1 amide bonds. The SMILES string of the molecule is COc1cccc2c1nc(C(F)F)n2-c1nc(N2CCOCC2)nc(N(C)[C@@H]2CCCCN2C(=O)CCl)n1. The third-order valence-electron chi connectivity index (χ3n) is 6.85. The number of methoxy groups -OCH3 is 1. The molecule has 2 saturated heterocycles. The minimum Gasteiger partial charge on any atom is -0.494 e. The van der Waals surface area contributed by atoms with Gasteiger partial charge >= 0.3 is 0 Å². The van der Waals surface area contributed by atoms with Crippen LogP contribution in [0.3, 0.4) is 0 Å². The van der Waals surface area contributed by atoms with Crippen molar-refractivity contribution in [2.24, 2.45) is 0 Å². The van der Waals surface area contributed by atoms with E-state index in [1.54, 1.807) is 35.0 Å². The Balaban J connectivity index is 1.67. The number of para-hydroxylation sites is 1. The van der Waals surface area contributed by atoms with Crippen LogP contribution >= 0.6 is 11.6 Å². The number of benzene rings is 1. The Morgan fingerprint density at radius 2 is 1.92 bits per heavy atom. The summed E-state index contributed by atoms with van der Waals surface area (Å²) in [4.78, 5) is 36.2. The predicted octanol–water partition coefficient (Wildman–Crippen LogP) is 3.01. The number of rotatable bonds is 7. The van der Waals surface area contributed by atoms with Crippen LogP contribution in [0.25, 0.3) is 17.0 Å². The van der Waals surface area contributed by atoms with Gasteiger partial charge in [-0.15, -0.1) is 11.6 Å². The minimum absolute atomic E-state index is 0.000393. The molecule has 3 aromatic rings. The van der Waals surface area contributed by atoms with Gasteiger partial charge in [-0.1, -0.05) is 6.07 Å². The van der Waals surface area contributed by atoms with E-state index >= 15 is 0 Å². The molecular formula is C24H29ClF2N8O3. The molecule has 0 spiro atoms. The van der Waals surface area contributed by atoms with Crippen molar-refractivity contribution in [3.05, 3.63) is 24.0 Å². The van der Waals surface area contributed by atoms with E-state index in [0.717, 1.165) is 12.8 Å².